The maximum absolute atomic E-state index is 4.47. The lowest BCUT2D eigenvalue weighted by Crippen LogP contribution is -2.24. The zero-order valence-electron chi connectivity index (χ0n) is 10.9. The molecule has 1 atom stereocenters. The van der Waals surface area contributed by atoms with Crippen molar-refractivity contribution in [1.82, 2.24) is 14.9 Å². The molecule has 0 bridgehead atoms. The van der Waals surface area contributed by atoms with Crippen LogP contribution < -0.4 is 5.32 Å². The van der Waals surface area contributed by atoms with Crippen molar-refractivity contribution in [3.63, 3.8) is 0 Å². The molecule has 1 N–H and O–H groups in total. The van der Waals surface area contributed by atoms with Crippen molar-refractivity contribution in [2.45, 2.75) is 45.1 Å². The number of imidazole rings is 1. The van der Waals surface area contributed by atoms with E-state index in [1.54, 1.807) is 5.57 Å². The van der Waals surface area contributed by atoms with Gasteiger partial charge in [-0.1, -0.05) is 18.6 Å². The van der Waals surface area contributed by atoms with Gasteiger partial charge in [-0.25, -0.2) is 4.98 Å². The summed E-state index contributed by atoms with van der Waals surface area (Å²) in [6.45, 7) is 3.15. The normalized spacial score (nSPS) is 17.9. The fourth-order valence-electron chi connectivity index (χ4n) is 2.57. The summed E-state index contributed by atoms with van der Waals surface area (Å²) in [4.78, 5) is 4.47. The molecular weight excluding hydrogens is 210 g/mol. The van der Waals surface area contributed by atoms with Gasteiger partial charge in [0.05, 0.1) is 6.04 Å². The SMILES string of the molecule is CCNC(CC1=CCCCC1)c1nccn1C. The van der Waals surface area contributed by atoms with Crippen molar-refractivity contribution >= 4 is 0 Å². The van der Waals surface area contributed by atoms with Crippen LogP contribution in [0, 0.1) is 0 Å². The first-order valence-corrected chi connectivity index (χ1v) is 6.69. The van der Waals surface area contributed by atoms with Crippen LogP contribution in [0.15, 0.2) is 24.0 Å². The van der Waals surface area contributed by atoms with Crippen LogP contribution in [0.5, 0.6) is 0 Å². The van der Waals surface area contributed by atoms with Gasteiger partial charge in [-0.2, -0.15) is 0 Å². The average Bonchev–Trinajstić information content (AvgIpc) is 2.76. The molecule has 1 unspecified atom stereocenters. The molecule has 17 heavy (non-hydrogen) atoms. The Morgan fingerprint density at radius 3 is 2.94 bits per heavy atom. The van der Waals surface area contributed by atoms with Crippen molar-refractivity contribution in [2.75, 3.05) is 6.54 Å². The fourth-order valence-corrected chi connectivity index (χ4v) is 2.57. The largest absolute Gasteiger partial charge is 0.337 e. The summed E-state index contributed by atoms with van der Waals surface area (Å²) in [5.74, 6) is 1.15. The summed E-state index contributed by atoms with van der Waals surface area (Å²) in [7, 11) is 2.07. The van der Waals surface area contributed by atoms with Crippen LogP contribution in [-0.4, -0.2) is 16.1 Å². The summed E-state index contributed by atoms with van der Waals surface area (Å²) in [6, 6.07) is 0.365. The third kappa shape index (κ3) is 3.19. The lowest BCUT2D eigenvalue weighted by Gasteiger charge is -2.21. The molecule has 1 aromatic rings. The van der Waals surface area contributed by atoms with Crippen LogP contribution >= 0.6 is 0 Å². The highest BCUT2D eigenvalue weighted by atomic mass is 15.1. The molecule has 0 saturated heterocycles. The van der Waals surface area contributed by atoms with E-state index in [0.717, 1.165) is 18.8 Å². The van der Waals surface area contributed by atoms with Crippen molar-refractivity contribution in [2.24, 2.45) is 7.05 Å². The molecule has 1 heterocycles. The van der Waals surface area contributed by atoms with E-state index in [4.69, 9.17) is 0 Å². The van der Waals surface area contributed by atoms with Crippen LogP contribution in [-0.2, 0) is 7.05 Å². The minimum atomic E-state index is 0.365. The zero-order valence-corrected chi connectivity index (χ0v) is 10.9. The number of nitrogens with one attached hydrogen (secondary N) is 1. The van der Waals surface area contributed by atoms with E-state index < -0.39 is 0 Å². The van der Waals surface area contributed by atoms with Gasteiger partial charge < -0.3 is 9.88 Å². The number of hydrogen-bond acceptors (Lipinski definition) is 2. The topological polar surface area (TPSA) is 29.9 Å². The Hall–Kier alpha value is -1.09. The van der Waals surface area contributed by atoms with Crippen molar-refractivity contribution in [3.8, 4) is 0 Å². The smallest absolute Gasteiger partial charge is 0.125 e. The summed E-state index contributed by atoms with van der Waals surface area (Å²) in [6.07, 6.45) is 12.7. The minimum Gasteiger partial charge on any atom is -0.337 e. The van der Waals surface area contributed by atoms with Crippen molar-refractivity contribution in [1.29, 1.82) is 0 Å². The molecule has 2 rings (SSSR count). The van der Waals surface area contributed by atoms with Crippen molar-refractivity contribution in [3.05, 3.63) is 29.9 Å². The Bertz CT molecular complexity index is 379. The Balaban J connectivity index is 2.07. The third-order valence-electron chi connectivity index (χ3n) is 3.47. The predicted molar refractivity (Wildman–Crippen MR) is 70.8 cm³/mol. The van der Waals surface area contributed by atoms with E-state index in [0.29, 0.717) is 6.04 Å². The molecular formula is C14H23N3. The summed E-state index contributed by atoms with van der Waals surface area (Å²) >= 11 is 0. The van der Waals surface area contributed by atoms with Gasteiger partial charge in [0.1, 0.15) is 5.82 Å². The average molecular weight is 233 g/mol. The Labute approximate surface area is 104 Å². The number of hydrogen-bond donors (Lipinski definition) is 1. The van der Waals surface area contributed by atoms with Gasteiger partial charge in [0.15, 0.2) is 0 Å². The molecule has 1 aliphatic carbocycles. The summed E-state index contributed by atoms with van der Waals surface area (Å²) in [5, 5.41) is 3.55. The number of nitrogens with zero attached hydrogens (tertiary/aromatic N) is 2. The highest BCUT2D eigenvalue weighted by molar-refractivity contribution is 5.11. The quantitative estimate of drug-likeness (QED) is 0.792. The van der Waals surface area contributed by atoms with Gasteiger partial charge in [-0.15, -0.1) is 0 Å². The Morgan fingerprint density at radius 2 is 2.35 bits per heavy atom. The molecule has 0 saturated carbocycles. The maximum Gasteiger partial charge on any atom is 0.125 e. The molecule has 0 aliphatic heterocycles. The maximum atomic E-state index is 4.47. The first-order chi connectivity index (χ1) is 8.31. The molecule has 3 nitrogen and oxygen atoms in total. The van der Waals surface area contributed by atoms with Crippen LogP contribution in [0.4, 0.5) is 0 Å². The fraction of sp³-hybridized carbons (Fsp3) is 0.643. The van der Waals surface area contributed by atoms with Gasteiger partial charge >= 0.3 is 0 Å². The van der Waals surface area contributed by atoms with E-state index in [-0.39, 0.29) is 0 Å². The van der Waals surface area contributed by atoms with Crippen LogP contribution in [0.3, 0.4) is 0 Å². The number of aromatic nitrogens is 2. The standard InChI is InChI=1S/C14H23N3/c1-3-15-13(14-16-9-10-17(14)2)11-12-7-5-4-6-8-12/h7,9-10,13,15H,3-6,8,11H2,1-2H3. The number of rotatable bonds is 5. The molecule has 0 amide bonds. The lowest BCUT2D eigenvalue weighted by molar-refractivity contribution is 0.491. The Morgan fingerprint density at radius 1 is 1.47 bits per heavy atom. The monoisotopic (exact) mass is 233 g/mol. The molecule has 1 aromatic heterocycles. The van der Waals surface area contributed by atoms with Gasteiger partial charge in [-0.05, 0) is 38.6 Å². The second kappa shape index (κ2) is 6.01. The molecule has 0 radical (unpaired) electrons. The van der Waals surface area contributed by atoms with Crippen LogP contribution in [0.1, 0.15) is 50.9 Å². The summed E-state index contributed by atoms with van der Waals surface area (Å²) < 4.78 is 2.12. The first-order valence-electron chi connectivity index (χ1n) is 6.69. The Kier molecular flexibility index (Phi) is 4.37. The van der Waals surface area contributed by atoms with E-state index in [1.807, 2.05) is 12.4 Å². The van der Waals surface area contributed by atoms with Gasteiger partial charge in [0, 0.05) is 19.4 Å². The van der Waals surface area contributed by atoms with Crippen LogP contribution in [0.2, 0.25) is 0 Å². The summed E-state index contributed by atoms with van der Waals surface area (Å²) in [5.41, 5.74) is 1.60. The molecule has 0 spiro atoms. The second-order valence-electron chi connectivity index (χ2n) is 4.82. The predicted octanol–water partition coefficient (Wildman–Crippen LogP) is 2.96. The molecule has 0 aromatic carbocycles. The van der Waals surface area contributed by atoms with E-state index in [1.165, 1.54) is 25.7 Å². The third-order valence-corrected chi connectivity index (χ3v) is 3.47. The number of aryl methyl sites for hydroxylation is 1. The van der Waals surface area contributed by atoms with Gasteiger partial charge in [0.2, 0.25) is 0 Å². The highest BCUT2D eigenvalue weighted by Crippen LogP contribution is 2.26. The first kappa shape index (κ1) is 12.4. The molecule has 3 heteroatoms. The van der Waals surface area contributed by atoms with E-state index in [2.05, 4.69) is 34.9 Å². The lowest BCUT2D eigenvalue weighted by atomic mass is 9.94. The second-order valence-corrected chi connectivity index (χ2v) is 4.82. The van der Waals surface area contributed by atoms with Crippen LogP contribution in [0.25, 0.3) is 0 Å². The number of allylic oxidation sites excluding steroid dienone is 1. The van der Waals surface area contributed by atoms with E-state index in [9.17, 15) is 0 Å². The molecule has 1 aliphatic rings. The van der Waals surface area contributed by atoms with E-state index >= 15 is 0 Å². The van der Waals surface area contributed by atoms with Crippen molar-refractivity contribution < 1.29 is 0 Å². The van der Waals surface area contributed by atoms with Gasteiger partial charge in [-0.3, -0.25) is 0 Å². The molecule has 0 fully saturated rings. The minimum absolute atomic E-state index is 0.365. The zero-order chi connectivity index (χ0) is 12.1. The highest BCUT2D eigenvalue weighted by Gasteiger charge is 2.17. The molecule has 94 valence electrons. The van der Waals surface area contributed by atoms with Gasteiger partial charge in [0.25, 0.3) is 0 Å².